The molecule has 0 aliphatic carbocycles. The first-order chi connectivity index (χ1) is 14.0. The molecule has 2 heterocycles. The summed E-state index contributed by atoms with van der Waals surface area (Å²) >= 11 is 5.21. The Kier molecular flexibility index (Phi) is 5.99. The van der Waals surface area contributed by atoms with Gasteiger partial charge in [0.05, 0.1) is 33.3 Å². The van der Waals surface area contributed by atoms with Crippen molar-refractivity contribution >= 4 is 40.9 Å². The predicted molar refractivity (Wildman–Crippen MR) is 110 cm³/mol. The van der Waals surface area contributed by atoms with Crippen LogP contribution in [-0.2, 0) is 9.59 Å². The molecule has 0 atom stereocenters. The Morgan fingerprint density at radius 1 is 1.10 bits per heavy atom. The number of ether oxygens (including phenoxy) is 3. The molecule has 0 unspecified atom stereocenters. The summed E-state index contributed by atoms with van der Waals surface area (Å²) in [6, 6.07) is 6.61. The summed E-state index contributed by atoms with van der Waals surface area (Å²) in [6.45, 7) is 0. The molecule has 1 aliphatic heterocycles. The van der Waals surface area contributed by atoms with Crippen molar-refractivity contribution in [2.75, 3.05) is 26.2 Å². The lowest BCUT2D eigenvalue weighted by Gasteiger charge is -2.29. The van der Waals surface area contributed by atoms with Gasteiger partial charge in [-0.3, -0.25) is 19.8 Å². The van der Waals surface area contributed by atoms with Gasteiger partial charge in [-0.1, -0.05) is 6.08 Å². The highest BCUT2D eigenvalue weighted by Gasteiger charge is 2.35. The predicted octanol–water partition coefficient (Wildman–Crippen LogP) is 2.69. The summed E-state index contributed by atoms with van der Waals surface area (Å²) in [5.74, 6) is 0.470. The van der Waals surface area contributed by atoms with Crippen LogP contribution in [0.5, 0.6) is 17.2 Å². The van der Waals surface area contributed by atoms with Gasteiger partial charge >= 0.3 is 0 Å². The van der Waals surface area contributed by atoms with Crippen molar-refractivity contribution in [2.24, 2.45) is 0 Å². The Morgan fingerprint density at radius 2 is 1.79 bits per heavy atom. The molecule has 2 amide bonds. The Bertz CT molecular complexity index is 985. The summed E-state index contributed by atoms with van der Waals surface area (Å²) in [5.41, 5.74) is 0.269. The van der Waals surface area contributed by atoms with Gasteiger partial charge in [-0.15, -0.1) is 0 Å². The molecule has 0 radical (unpaired) electrons. The van der Waals surface area contributed by atoms with Gasteiger partial charge in [0.15, 0.2) is 16.6 Å². The first-order valence-electron chi connectivity index (χ1n) is 8.41. The van der Waals surface area contributed by atoms with Crippen molar-refractivity contribution in [3.63, 3.8) is 0 Å². The smallest absolute Gasteiger partial charge is 0.270 e. The number of anilines is 1. The monoisotopic (exact) mass is 414 g/mol. The lowest BCUT2D eigenvalue weighted by Crippen LogP contribution is -2.54. The number of allylic oxidation sites excluding steroid dienone is 2. The number of furan rings is 1. The molecule has 0 bridgehead atoms. The average molecular weight is 414 g/mol. The molecule has 1 N–H and O–H groups in total. The van der Waals surface area contributed by atoms with Crippen molar-refractivity contribution in [1.29, 1.82) is 0 Å². The third-order valence-corrected chi connectivity index (χ3v) is 4.36. The molecule has 1 fully saturated rings. The van der Waals surface area contributed by atoms with Crippen LogP contribution >= 0.6 is 12.2 Å². The van der Waals surface area contributed by atoms with E-state index in [9.17, 15) is 9.59 Å². The van der Waals surface area contributed by atoms with Gasteiger partial charge in [-0.2, -0.15) is 0 Å². The highest BCUT2D eigenvalue weighted by Crippen LogP contribution is 2.41. The molecule has 1 aromatic carbocycles. The molecule has 8 nitrogen and oxygen atoms in total. The van der Waals surface area contributed by atoms with Crippen LogP contribution in [0.3, 0.4) is 0 Å². The first-order valence-corrected chi connectivity index (χ1v) is 8.82. The van der Waals surface area contributed by atoms with Gasteiger partial charge in [0, 0.05) is 12.1 Å². The molecule has 9 heteroatoms. The summed E-state index contributed by atoms with van der Waals surface area (Å²) in [4.78, 5) is 26.5. The van der Waals surface area contributed by atoms with Crippen molar-refractivity contribution in [1.82, 2.24) is 5.32 Å². The lowest BCUT2D eigenvalue weighted by molar-refractivity contribution is -0.122. The normalized spacial score (nSPS) is 15.8. The number of rotatable bonds is 6. The summed E-state index contributed by atoms with van der Waals surface area (Å²) < 4.78 is 21.1. The number of methoxy groups -OCH3 is 3. The first kappa shape index (κ1) is 20.2. The maximum absolute atomic E-state index is 13.0. The van der Waals surface area contributed by atoms with E-state index in [0.717, 1.165) is 0 Å². The van der Waals surface area contributed by atoms with Crippen LogP contribution < -0.4 is 24.4 Å². The van der Waals surface area contributed by atoms with Gasteiger partial charge < -0.3 is 18.6 Å². The Labute approximate surface area is 172 Å². The Hall–Kier alpha value is -3.59. The molecule has 3 rings (SSSR count). The Morgan fingerprint density at radius 3 is 2.34 bits per heavy atom. The van der Waals surface area contributed by atoms with Crippen molar-refractivity contribution in [3.05, 3.63) is 54.0 Å². The van der Waals surface area contributed by atoms with Crippen LogP contribution in [0.25, 0.3) is 6.08 Å². The number of hydrogen-bond acceptors (Lipinski definition) is 7. The van der Waals surface area contributed by atoms with E-state index < -0.39 is 11.8 Å². The number of nitrogens with zero attached hydrogens (tertiary/aromatic N) is 1. The van der Waals surface area contributed by atoms with E-state index in [4.69, 9.17) is 30.8 Å². The zero-order chi connectivity index (χ0) is 21.0. The molecule has 1 aliphatic rings. The van der Waals surface area contributed by atoms with Crippen LogP contribution in [0.15, 0.2) is 52.7 Å². The van der Waals surface area contributed by atoms with E-state index in [0.29, 0.717) is 28.7 Å². The van der Waals surface area contributed by atoms with E-state index in [2.05, 4.69) is 5.32 Å². The van der Waals surface area contributed by atoms with Gasteiger partial charge in [-0.05, 0) is 36.5 Å². The topological polar surface area (TPSA) is 90.2 Å². The second kappa shape index (κ2) is 8.61. The van der Waals surface area contributed by atoms with Crippen molar-refractivity contribution in [3.8, 4) is 17.2 Å². The number of benzene rings is 1. The number of amides is 2. The minimum absolute atomic E-state index is 0.0542. The van der Waals surface area contributed by atoms with Crippen LogP contribution in [-0.4, -0.2) is 38.3 Å². The molecule has 2 aromatic rings. The van der Waals surface area contributed by atoms with E-state index in [-0.39, 0.29) is 10.7 Å². The van der Waals surface area contributed by atoms with Gasteiger partial charge in [0.25, 0.3) is 11.8 Å². The number of thiocarbonyl (C=S) groups is 1. The fraction of sp³-hybridized carbons (Fsp3) is 0.150. The maximum Gasteiger partial charge on any atom is 0.270 e. The fourth-order valence-electron chi connectivity index (χ4n) is 2.73. The molecule has 0 spiro atoms. The highest BCUT2D eigenvalue weighted by atomic mass is 32.1. The van der Waals surface area contributed by atoms with E-state index in [1.54, 1.807) is 36.4 Å². The van der Waals surface area contributed by atoms with Gasteiger partial charge in [0.1, 0.15) is 11.3 Å². The summed E-state index contributed by atoms with van der Waals surface area (Å²) in [7, 11) is 4.40. The standard InChI is InChI=1S/C20H18N2O6S/c1-25-15-10-12(11-16(26-2)17(15)27-3)22-19(24)14(18(23)21-20(22)29)8-4-6-13-7-5-9-28-13/h4-11H,1-3H3,(H,21,23,29). The quantitative estimate of drug-likeness (QED) is 0.442. The van der Waals surface area contributed by atoms with Crippen molar-refractivity contribution in [2.45, 2.75) is 0 Å². The summed E-state index contributed by atoms with van der Waals surface area (Å²) in [6.07, 6.45) is 6.10. The number of hydrogen-bond donors (Lipinski definition) is 1. The summed E-state index contributed by atoms with van der Waals surface area (Å²) in [5, 5.41) is 2.46. The average Bonchev–Trinajstić information content (AvgIpc) is 3.22. The van der Waals surface area contributed by atoms with E-state index in [1.807, 2.05) is 0 Å². The van der Waals surface area contributed by atoms with E-state index in [1.165, 1.54) is 38.6 Å². The second-order valence-corrected chi connectivity index (χ2v) is 6.12. The number of nitrogens with one attached hydrogen (secondary N) is 1. The van der Waals surface area contributed by atoms with Crippen LogP contribution in [0.2, 0.25) is 0 Å². The molecular weight excluding hydrogens is 396 g/mol. The minimum Gasteiger partial charge on any atom is -0.493 e. The largest absolute Gasteiger partial charge is 0.493 e. The minimum atomic E-state index is -0.590. The number of carbonyl (C=O) groups excluding carboxylic acids is 2. The fourth-order valence-corrected chi connectivity index (χ4v) is 3.01. The number of carbonyl (C=O) groups is 2. The zero-order valence-electron chi connectivity index (χ0n) is 15.9. The molecule has 29 heavy (non-hydrogen) atoms. The van der Waals surface area contributed by atoms with Crippen LogP contribution in [0.1, 0.15) is 5.76 Å². The van der Waals surface area contributed by atoms with Crippen LogP contribution in [0, 0.1) is 0 Å². The highest BCUT2D eigenvalue weighted by molar-refractivity contribution is 7.80. The SMILES string of the molecule is COc1cc(N2C(=O)C(=CC=Cc3ccco3)C(=O)NC2=S)cc(OC)c1OC. The molecule has 0 saturated carbocycles. The second-order valence-electron chi connectivity index (χ2n) is 5.74. The van der Waals surface area contributed by atoms with Gasteiger partial charge in [-0.25, -0.2) is 0 Å². The molecular formula is C20H18N2O6S. The Balaban J connectivity index is 1.99. The third kappa shape index (κ3) is 3.99. The van der Waals surface area contributed by atoms with Gasteiger partial charge in [0.2, 0.25) is 5.75 Å². The maximum atomic E-state index is 13.0. The van der Waals surface area contributed by atoms with Crippen molar-refractivity contribution < 1.29 is 28.2 Å². The third-order valence-electron chi connectivity index (χ3n) is 4.08. The molecule has 1 aromatic heterocycles. The zero-order valence-corrected chi connectivity index (χ0v) is 16.7. The van der Waals surface area contributed by atoms with E-state index >= 15 is 0 Å². The molecule has 1 saturated heterocycles. The molecule has 150 valence electrons. The lowest BCUT2D eigenvalue weighted by atomic mass is 10.1. The van der Waals surface area contributed by atoms with Crippen LogP contribution in [0.4, 0.5) is 5.69 Å².